The van der Waals surface area contributed by atoms with Gasteiger partial charge < -0.3 is 21.1 Å². The number of rotatable bonds is 6. The fourth-order valence-corrected chi connectivity index (χ4v) is 3.80. The number of nitrogens with two attached hydrogens (primary N) is 1. The van der Waals surface area contributed by atoms with Gasteiger partial charge in [-0.05, 0) is 48.0 Å². The molecule has 0 fully saturated rings. The van der Waals surface area contributed by atoms with Gasteiger partial charge in [-0.25, -0.2) is 24.1 Å². The number of hydrogen-bond donors (Lipinski definition) is 3. The summed E-state index contributed by atoms with van der Waals surface area (Å²) in [5.74, 6) is 0.0566. The number of hydrogen-bond acceptors (Lipinski definition) is 7. The molecule has 0 spiro atoms. The van der Waals surface area contributed by atoms with Gasteiger partial charge in [0.05, 0.1) is 35.5 Å². The number of nitrogens with one attached hydrogen (secondary N) is 2. The van der Waals surface area contributed by atoms with Gasteiger partial charge in [-0.2, -0.15) is 13.2 Å². The van der Waals surface area contributed by atoms with Crippen LogP contribution in [0, 0.1) is 5.82 Å². The number of ether oxygens (including phenoxy) is 1. The summed E-state index contributed by atoms with van der Waals surface area (Å²) >= 11 is 0. The van der Waals surface area contributed by atoms with E-state index >= 15 is 0 Å². The molecule has 2 aromatic carbocycles. The third kappa shape index (κ3) is 6.53. The minimum Gasteiger partial charge on any atom is -0.424 e. The summed E-state index contributed by atoms with van der Waals surface area (Å²) in [7, 11) is 0. The van der Waals surface area contributed by atoms with Crippen molar-refractivity contribution < 1.29 is 27.1 Å². The molecule has 0 saturated carbocycles. The van der Waals surface area contributed by atoms with Crippen LogP contribution in [0.3, 0.4) is 0 Å². The molecule has 3 heterocycles. The lowest BCUT2D eigenvalue weighted by atomic mass is 10.0. The first-order valence-electron chi connectivity index (χ1n) is 11.9. The summed E-state index contributed by atoms with van der Waals surface area (Å²) in [4.78, 5) is 28.5. The van der Waals surface area contributed by atoms with Crippen molar-refractivity contribution in [3.63, 3.8) is 0 Å². The number of carbonyl (C=O) groups excluding carboxylic acids is 1. The highest BCUT2D eigenvalue weighted by Gasteiger charge is 2.31. The van der Waals surface area contributed by atoms with Crippen molar-refractivity contribution in [2.24, 2.45) is 0 Å². The molecule has 4 N–H and O–H groups in total. The molecule has 0 unspecified atom stereocenters. The molecule has 3 aromatic heterocycles. The number of halogens is 4. The normalized spacial score (nSPS) is 11.1. The summed E-state index contributed by atoms with van der Waals surface area (Å²) in [5.41, 5.74) is 6.91. The first-order valence-corrected chi connectivity index (χ1v) is 11.9. The van der Waals surface area contributed by atoms with Crippen molar-refractivity contribution in [1.82, 2.24) is 19.9 Å². The zero-order valence-electron chi connectivity index (χ0n) is 20.9. The number of nitrogens with zero attached hydrogens (tertiary/aromatic N) is 4. The van der Waals surface area contributed by atoms with Gasteiger partial charge in [0.15, 0.2) is 0 Å². The second-order valence-electron chi connectivity index (χ2n) is 8.55. The average molecular weight is 561 g/mol. The van der Waals surface area contributed by atoms with E-state index in [9.17, 15) is 22.4 Å². The standard InChI is InChI=1S/C28H19F4N7O2/c29-19-11-23(25(33)35-13-19)16-3-6-21(7-4-16)41-27-36-14-20(15-37-27)38-26(40)39-24-8-5-18(28(30,31)32)10-22(24)17-2-1-9-34-12-17/h1-15H,(H2,33,35)(H2,38,39,40). The van der Waals surface area contributed by atoms with E-state index in [1.165, 1.54) is 36.9 Å². The highest BCUT2D eigenvalue weighted by molar-refractivity contribution is 6.02. The van der Waals surface area contributed by atoms with E-state index < -0.39 is 23.6 Å². The van der Waals surface area contributed by atoms with Gasteiger partial charge in [0, 0.05) is 29.1 Å². The van der Waals surface area contributed by atoms with E-state index in [2.05, 4.69) is 30.6 Å². The Kier molecular flexibility index (Phi) is 7.41. The van der Waals surface area contributed by atoms with Crippen LogP contribution in [0.25, 0.3) is 22.3 Å². The molecule has 206 valence electrons. The third-order valence-electron chi connectivity index (χ3n) is 5.71. The lowest BCUT2D eigenvalue weighted by molar-refractivity contribution is -0.137. The van der Waals surface area contributed by atoms with Crippen LogP contribution in [0.1, 0.15) is 5.56 Å². The van der Waals surface area contributed by atoms with E-state index in [1.807, 2.05) is 0 Å². The highest BCUT2D eigenvalue weighted by atomic mass is 19.4. The van der Waals surface area contributed by atoms with Crippen molar-refractivity contribution in [3.8, 4) is 34.0 Å². The Morgan fingerprint density at radius 3 is 2.27 bits per heavy atom. The highest BCUT2D eigenvalue weighted by Crippen LogP contribution is 2.36. The Morgan fingerprint density at radius 2 is 1.59 bits per heavy atom. The fraction of sp³-hybridized carbons (Fsp3) is 0.0357. The SMILES string of the molecule is Nc1ncc(F)cc1-c1ccc(Oc2ncc(NC(=O)Nc3ccc(C(F)(F)F)cc3-c3cccnc3)cn2)cc1. The molecule has 0 atom stereocenters. The van der Waals surface area contributed by atoms with Gasteiger partial charge in [-0.15, -0.1) is 0 Å². The van der Waals surface area contributed by atoms with Gasteiger partial charge in [0.1, 0.15) is 17.4 Å². The summed E-state index contributed by atoms with van der Waals surface area (Å²) in [6.45, 7) is 0. The molecule has 9 nitrogen and oxygen atoms in total. The zero-order valence-corrected chi connectivity index (χ0v) is 20.9. The fourth-order valence-electron chi connectivity index (χ4n) is 3.80. The molecule has 5 aromatic rings. The summed E-state index contributed by atoms with van der Waals surface area (Å²) in [6, 6.07) is 13.3. The molecular formula is C28H19F4N7O2. The van der Waals surface area contributed by atoms with Crippen LogP contribution in [0.2, 0.25) is 0 Å². The summed E-state index contributed by atoms with van der Waals surface area (Å²) in [5, 5.41) is 5.07. The minimum atomic E-state index is -4.56. The number of urea groups is 1. The van der Waals surface area contributed by atoms with Gasteiger partial charge >= 0.3 is 18.2 Å². The van der Waals surface area contributed by atoms with Gasteiger partial charge in [-0.3, -0.25) is 4.98 Å². The number of nitrogen functional groups attached to an aromatic ring is 1. The topological polar surface area (TPSA) is 128 Å². The van der Waals surface area contributed by atoms with Crippen LogP contribution in [-0.4, -0.2) is 26.0 Å². The molecule has 0 bridgehead atoms. The molecule has 13 heteroatoms. The molecule has 0 saturated heterocycles. The third-order valence-corrected chi connectivity index (χ3v) is 5.71. The van der Waals surface area contributed by atoms with E-state index in [-0.39, 0.29) is 28.8 Å². The lowest BCUT2D eigenvalue weighted by Crippen LogP contribution is -2.20. The zero-order chi connectivity index (χ0) is 29.0. The minimum absolute atomic E-state index is 0.0164. The summed E-state index contributed by atoms with van der Waals surface area (Å²) < 4.78 is 59.0. The number of aromatic nitrogens is 4. The van der Waals surface area contributed by atoms with E-state index in [1.54, 1.807) is 36.4 Å². The molecule has 5 rings (SSSR count). The van der Waals surface area contributed by atoms with Crippen molar-refractivity contribution in [3.05, 3.63) is 103 Å². The number of pyridine rings is 2. The van der Waals surface area contributed by atoms with Gasteiger partial charge in [0.25, 0.3) is 0 Å². The van der Waals surface area contributed by atoms with Crippen LogP contribution in [0.5, 0.6) is 11.8 Å². The van der Waals surface area contributed by atoms with Crippen LogP contribution in [-0.2, 0) is 6.18 Å². The molecular weight excluding hydrogens is 542 g/mol. The van der Waals surface area contributed by atoms with Crippen molar-refractivity contribution >= 4 is 23.2 Å². The van der Waals surface area contributed by atoms with Crippen molar-refractivity contribution in [2.45, 2.75) is 6.18 Å². The quantitative estimate of drug-likeness (QED) is 0.195. The Bertz CT molecular complexity index is 1680. The maximum atomic E-state index is 13.5. The van der Waals surface area contributed by atoms with Crippen molar-refractivity contribution in [1.29, 1.82) is 0 Å². The second kappa shape index (κ2) is 11.3. The number of carbonyl (C=O) groups is 1. The number of anilines is 3. The van der Waals surface area contributed by atoms with Crippen LogP contribution in [0.4, 0.5) is 39.5 Å². The van der Waals surface area contributed by atoms with Crippen LogP contribution < -0.4 is 21.1 Å². The number of amides is 2. The molecule has 0 aliphatic heterocycles. The second-order valence-corrected chi connectivity index (χ2v) is 8.55. The van der Waals surface area contributed by atoms with E-state index in [0.717, 1.165) is 18.3 Å². The molecule has 0 aliphatic carbocycles. The maximum Gasteiger partial charge on any atom is 0.416 e. The molecule has 41 heavy (non-hydrogen) atoms. The smallest absolute Gasteiger partial charge is 0.416 e. The predicted octanol–water partition coefficient (Wildman–Crippen LogP) is 6.78. The number of alkyl halides is 3. The maximum absolute atomic E-state index is 13.5. The van der Waals surface area contributed by atoms with E-state index in [4.69, 9.17) is 10.5 Å². The molecule has 0 radical (unpaired) electrons. The average Bonchev–Trinajstić information content (AvgIpc) is 2.96. The van der Waals surface area contributed by atoms with E-state index in [0.29, 0.717) is 22.4 Å². The van der Waals surface area contributed by atoms with Gasteiger partial charge in [-0.1, -0.05) is 18.2 Å². The van der Waals surface area contributed by atoms with Crippen molar-refractivity contribution in [2.75, 3.05) is 16.4 Å². The largest absolute Gasteiger partial charge is 0.424 e. The monoisotopic (exact) mass is 561 g/mol. The summed E-state index contributed by atoms with van der Waals surface area (Å²) in [6.07, 6.45) is 1.94. The Morgan fingerprint density at radius 1 is 0.829 bits per heavy atom. The first kappa shape index (κ1) is 27.0. The van der Waals surface area contributed by atoms with Crippen LogP contribution >= 0.6 is 0 Å². The lowest BCUT2D eigenvalue weighted by Gasteiger charge is -2.15. The Hall–Kier alpha value is -5.59. The first-order chi connectivity index (χ1) is 19.7. The Balaban J connectivity index is 1.25. The molecule has 0 aliphatic rings. The van der Waals surface area contributed by atoms with Crippen LogP contribution in [0.15, 0.2) is 91.6 Å². The number of benzene rings is 2. The predicted molar refractivity (Wildman–Crippen MR) is 143 cm³/mol. The van der Waals surface area contributed by atoms with Gasteiger partial charge in [0.2, 0.25) is 0 Å². The molecule has 2 amide bonds. The Labute approximate surface area is 230 Å².